The first-order valence-corrected chi connectivity index (χ1v) is 5.97. The van der Waals surface area contributed by atoms with E-state index in [0.29, 0.717) is 4.88 Å². The smallest absolute Gasteiger partial charge is 0.345 e. The summed E-state index contributed by atoms with van der Waals surface area (Å²) < 4.78 is 0. The average molecular weight is 243 g/mol. The summed E-state index contributed by atoms with van der Waals surface area (Å²) in [7, 11) is 0. The maximum absolute atomic E-state index is 10.8. The van der Waals surface area contributed by atoms with Crippen LogP contribution in [0.15, 0.2) is 42.5 Å². The highest BCUT2D eigenvalue weighted by Gasteiger charge is 2.09. The Morgan fingerprint density at radius 3 is 2.71 bits per heavy atom. The van der Waals surface area contributed by atoms with Gasteiger partial charge in [-0.3, -0.25) is 0 Å². The second-order valence-electron chi connectivity index (χ2n) is 3.74. The molecule has 2 heterocycles. The molecule has 3 rings (SSSR count). The van der Waals surface area contributed by atoms with E-state index in [1.807, 2.05) is 36.4 Å². The Balaban J connectivity index is 2.10. The first-order chi connectivity index (χ1) is 8.24. The number of carboxylic acids is 1. The summed E-state index contributed by atoms with van der Waals surface area (Å²) in [6, 6.07) is 13.5. The maximum Gasteiger partial charge on any atom is 0.345 e. The molecule has 4 heteroatoms. The number of nitrogens with one attached hydrogen (secondary N) is 1. The van der Waals surface area contributed by atoms with E-state index in [1.54, 1.807) is 6.07 Å². The Morgan fingerprint density at radius 2 is 2.00 bits per heavy atom. The number of aromatic amines is 1. The minimum Gasteiger partial charge on any atom is -0.477 e. The van der Waals surface area contributed by atoms with Gasteiger partial charge in [0.25, 0.3) is 0 Å². The van der Waals surface area contributed by atoms with Gasteiger partial charge in [-0.15, -0.1) is 11.3 Å². The number of H-pyrrole nitrogens is 1. The zero-order chi connectivity index (χ0) is 11.8. The van der Waals surface area contributed by atoms with Crippen molar-refractivity contribution in [3.8, 4) is 10.6 Å². The van der Waals surface area contributed by atoms with Crippen molar-refractivity contribution in [1.29, 1.82) is 0 Å². The summed E-state index contributed by atoms with van der Waals surface area (Å²) in [5.41, 5.74) is 2.02. The van der Waals surface area contributed by atoms with Crippen LogP contribution in [0.5, 0.6) is 0 Å². The topological polar surface area (TPSA) is 53.1 Å². The molecule has 0 fully saturated rings. The van der Waals surface area contributed by atoms with Gasteiger partial charge in [-0.25, -0.2) is 4.79 Å². The molecule has 2 aromatic heterocycles. The van der Waals surface area contributed by atoms with Crippen LogP contribution < -0.4 is 0 Å². The van der Waals surface area contributed by atoms with E-state index >= 15 is 0 Å². The molecule has 2 N–H and O–H groups in total. The minimum atomic E-state index is -0.877. The molecule has 0 aliphatic rings. The van der Waals surface area contributed by atoms with Crippen LogP contribution in [0.4, 0.5) is 0 Å². The Bertz CT molecular complexity index is 663. The summed E-state index contributed by atoms with van der Waals surface area (Å²) in [5, 5.41) is 10.0. The number of hydrogen-bond acceptors (Lipinski definition) is 2. The summed E-state index contributed by atoms with van der Waals surface area (Å²) in [4.78, 5) is 15.4. The Kier molecular flexibility index (Phi) is 2.23. The summed E-state index contributed by atoms with van der Waals surface area (Å²) in [5.74, 6) is -0.877. The van der Waals surface area contributed by atoms with E-state index < -0.39 is 5.97 Å². The molecule has 0 radical (unpaired) electrons. The van der Waals surface area contributed by atoms with Crippen molar-refractivity contribution in [3.63, 3.8) is 0 Å². The van der Waals surface area contributed by atoms with Gasteiger partial charge in [0, 0.05) is 10.9 Å². The van der Waals surface area contributed by atoms with Crippen LogP contribution in [0, 0.1) is 0 Å². The number of carboxylic acid groups (broad SMARTS) is 1. The van der Waals surface area contributed by atoms with E-state index in [4.69, 9.17) is 5.11 Å². The number of para-hydroxylation sites is 1. The van der Waals surface area contributed by atoms with Crippen molar-refractivity contribution < 1.29 is 9.90 Å². The van der Waals surface area contributed by atoms with Crippen molar-refractivity contribution >= 4 is 28.2 Å². The van der Waals surface area contributed by atoms with E-state index in [0.717, 1.165) is 21.5 Å². The number of hydrogen-bond donors (Lipinski definition) is 2. The highest BCUT2D eigenvalue weighted by atomic mass is 32.1. The highest BCUT2D eigenvalue weighted by Crippen LogP contribution is 2.29. The van der Waals surface area contributed by atoms with Crippen LogP contribution in [-0.4, -0.2) is 16.1 Å². The molecule has 3 aromatic rings. The summed E-state index contributed by atoms with van der Waals surface area (Å²) in [6.45, 7) is 0. The number of rotatable bonds is 2. The number of aromatic nitrogens is 1. The molecule has 0 aliphatic heterocycles. The molecule has 3 nitrogen and oxygen atoms in total. The second kappa shape index (κ2) is 3.75. The third kappa shape index (κ3) is 1.72. The molecule has 0 unspecified atom stereocenters. The van der Waals surface area contributed by atoms with Gasteiger partial charge < -0.3 is 10.1 Å². The first kappa shape index (κ1) is 10.1. The first-order valence-electron chi connectivity index (χ1n) is 5.15. The van der Waals surface area contributed by atoms with Crippen molar-refractivity contribution in [3.05, 3.63) is 47.3 Å². The molecule has 0 amide bonds. The van der Waals surface area contributed by atoms with Gasteiger partial charge in [0.15, 0.2) is 0 Å². The van der Waals surface area contributed by atoms with Crippen LogP contribution >= 0.6 is 11.3 Å². The number of aromatic carboxylic acids is 1. The van der Waals surface area contributed by atoms with Gasteiger partial charge in [-0.1, -0.05) is 18.2 Å². The lowest BCUT2D eigenvalue weighted by atomic mass is 10.2. The van der Waals surface area contributed by atoms with Gasteiger partial charge in [0.2, 0.25) is 0 Å². The Labute approximate surface area is 101 Å². The maximum atomic E-state index is 10.8. The molecule has 0 saturated carbocycles. The fourth-order valence-electron chi connectivity index (χ4n) is 1.80. The molecule has 17 heavy (non-hydrogen) atoms. The van der Waals surface area contributed by atoms with Gasteiger partial charge in [0.1, 0.15) is 4.88 Å². The molecule has 0 bridgehead atoms. The fourth-order valence-corrected chi connectivity index (χ4v) is 2.62. The number of thiophene rings is 1. The van der Waals surface area contributed by atoms with Gasteiger partial charge in [0.05, 0.1) is 10.6 Å². The lowest BCUT2D eigenvalue weighted by molar-refractivity contribution is 0.0702. The number of benzene rings is 1. The lowest BCUT2D eigenvalue weighted by Gasteiger charge is -1.89. The molecule has 84 valence electrons. The van der Waals surface area contributed by atoms with Crippen molar-refractivity contribution in [2.24, 2.45) is 0 Å². The number of fused-ring (bicyclic) bond motifs is 1. The average Bonchev–Trinajstić information content (AvgIpc) is 2.95. The van der Waals surface area contributed by atoms with Crippen LogP contribution in [-0.2, 0) is 0 Å². The van der Waals surface area contributed by atoms with Crippen molar-refractivity contribution in [2.75, 3.05) is 0 Å². The Hall–Kier alpha value is -2.07. The largest absolute Gasteiger partial charge is 0.477 e. The van der Waals surface area contributed by atoms with E-state index in [9.17, 15) is 4.79 Å². The zero-order valence-corrected chi connectivity index (χ0v) is 9.62. The minimum absolute atomic E-state index is 0.360. The fraction of sp³-hybridized carbons (Fsp3) is 0. The van der Waals surface area contributed by atoms with E-state index in [-0.39, 0.29) is 0 Å². The predicted octanol–water partition coefficient (Wildman–Crippen LogP) is 3.59. The molecular formula is C13H9NO2S. The standard InChI is InChI=1S/C13H9NO2S/c15-13(16)12-6-5-11(17-12)10-7-8-3-1-2-4-9(8)14-10/h1-7,14H,(H,15,16). The van der Waals surface area contributed by atoms with E-state index in [2.05, 4.69) is 4.98 Å². The molecule has 0 spiro atoms. The van der Waals surface area contributed by atoms with Crippen molar-refractivity contribution in [2.45, 2.75) is 0 Å². The molecule has 1 aromatic carbocycles. The van der Waals surface area contributed by atoms with Crippen LogP contribution in [0.2, 0.25) is 0 Å². The van der Waals surface area contributed by atoms with Crippen molar-refractivity contribution in [1.82, 2.24) is 4.98 Å². The Morgan fingerprint density at radius 1 is 1.18 bits per heavy atom. The zero-order valence-electron chi connectivity index (χ0n) is 8.81. The third-order valence-corrected chi connectivity index (χ3v) is 3.72. The summed E-state index contributed by atoms with van der Waals surface area (Å²) in [6.07, 6.45) is 0. The third-order valence-electron chi connectivity index (χ3n) is 2.61. The monoisotopic (exact) mass is 243 g/mol. The second-order valence-corrected chi connectivity index (χ2v) is 4.82. The van der Waals surface area contributed by atoms with Gasteiger partial charge in [-0.05, 0) is 24.3 Å². The van der Waals surface area contributed by atoms with E-state index in [1.165, 1.54) is 11.3 Å². The lowest BCUT2D eigenvalue weighted by Crippen LogP contribution is -1.89. The van der Waals surface area contributed by atoms with Gasteiger partial charge >= 0.3 is 5.97 Å². The molecule has 0 aliphatic carbocycles. The normalized spacial score (nSPS) is 10.8. The van der Waals surface area contributed by atoms with Crippen LogP contribution in [0.25, 0.3) is 21.5 Å². The number of carbonyl (C=O) groups is 1. The SMILES string of the molecule is O=C(O)c1ccc(-c2cc3ccccc3[nH]2)s1. The molecular weight excluding hydrogens is 234 g/mol. The quantitative estimate of drug-likeness (QED) is 0.722. The van der Waals surface area contributed by atoms with Crippen LogP contribution in [0.3, 0.4) is 0 Å². The highest BCUT2D eigenvalue weighted by molar-refractivity contribution is 7.17. The van der Waals surface area contributed by atoms with Gasteiger partial charge in [-0.2, -0.15) is 0 Å². The molecule has 0 atom stereocenters. The van der Waals surface area contributed by atoms with Crippen LogP contribution in [0.1, 0.15) is 9.67 Å². The summed E-state index contributed by atoms with van der Waals surface area (Å²) >= 11 is 1.28. The predicted molar refractivity (Wildman–Crippen MR) is 68.6 cm³/mol. The molecule has 0 saturated heterocycles.